The number of carbonyl (C=O) groups is 1. The van der Waals surface area contributed by atoms with Gasteiger partial charge in [-0.2, -0.15) is 0 Å². The van der Waals surface area contributed by atoms with E-state index in [9.17, 15) is 4.79 Å². The molecule has 1 rings (SSSR count). The SMILES string of the molecule is CC(N)/C=C/C(=O)NCc1ccccc1. The van der Waals surface area contributed by atoms with Gasteiger partial charge in [0.05, 0.1) is 0 Å². The highest BCUT2D eigenvalue weighted by atomic mass is 16.1. The molecule has 0 saturated carbocycles. The van der Waals surface area contributed by atoms with Gasteiger partial charge >= 0.3 is 0 Å². The smallest absolute Gasteiger partial charge is 0.243 e. The number of benzene rings is 1. The summed E-state index contributed by atoms with van der Waals surface area (Å²) in [4.78, 5) is 11.3. The molecule has 0 radical (unpaired) electrons. The summed E-state index contributed by atoms with van der Waals surface area (Å²) in [7, 11) is 0. The molecule has 0 aliphatic heterocycles. The number of hydrogen-bond donors (Lipinski definition) is 2. The first kappa shape index (κ1) is 11.5. The second-order valence-electron chi connectivity index (χ2n) is 3.42. The first-order chi connectivity index (χ1) is 7.18. The number of amides is 1. The summed E-state index contributed by atoms with van der Waals surface area (Å²) >= 11 is 0. The normalized spacial score (nSPS) is 12.7. The van der Waals surface area contributed by atoms with Crippen LogP contribution in [0.2, 0.25) is 0 Å². The lowest BCUT2D eigenvalue weighted by Crippen LogP contribution is -2.21. The van der Waals surface area contributed by atoms with Gasteiger partial charge in [-0.1, -0.05) is 36.4 Å². The zero-order valence-electron chi connectivity index (χ0n) is 8.81. The van der Waals surface area contributed by atoms with Gasteiger partial charge in [0, 0.05) is 18.7 Å². The van der Waals surface area contributed by atoms with Crippen molar-refractivity contribution >= 4 is 5.91 Å². The molecule has 1 unspecified atom stereocenters. The Hall–Kier alpha value is -1.61. The lowest BCUT2D eigenvalue weighted by atomic mass is 10.2. The lowest BCUT2D eigenvalue weighted by molar-refractivity contribution is -0.116. The predicted octanol–water partition coefficient (Wildman–Crippen LogP) is 1.21. The molecular formula is C12H16N2O. The van der Waals surface area contributed by atoms with Crippen LogP contribution in [0.15, 0.2) is 42.5 Å². The van der Waals surface area contributed by atoms with E-state index in [-0.39, 0.29) is 11.9 Å². The monoisotopic (exact) mass is 204 g/mol. The molecule has 0 heterocycles. The standard InChI is InChI=1S/C12H16N2O/c1-10(13)7-8-12(15)14-9-11-5-3-2-4-6-11/h2-8,10H,9,13H2,1H3,(H,14,15)/b8-7+. The quantitative estimate of drug-likeness (QED) is 0.724. The minimum Gasteiger partial charge on any atom is -0.348 e. The first-order valence-corrected chi connectivity index (χ1v) is 4.94. The lowest BCUT2D eigenvalue weighted by Gasteiger charge is -2.02. The highest BCUT2D eigenvalue weighted by molar-refractivity contribution is 5.87. The van der Waals surface area contributed by atoms with Gasteiger partial charge in [0.1, 0.15) is 0 Å². The fourth-order valence-electron chi connectivity index (χ4n) is 1.08. The van der Waals surface area contributed by atoms with Crippen molar-refractivity contribution < 1.29 is 4.79 Å². The molecule has 3 N–H and O–H groups in total. The molecule has 0 bridgehead atoms. The topological polar surface area (TPSA) is 55.1 Å². The minimum atomic E-state index is -0.115. The fraction of sp³-hybridized carbons (Fsp3) is 0.250. The van der Waals surface area contributed by atoms with Crippen LogP contribution in [0.4, 0.5) is 0 Å². The summed E-state index contributed by atoms with van der Waals surface area (Å²) in [6, 6.07) is 9.68. The maximum absolute atomic E-state index is 11.3. The molecular weight excluding hydrogens is 188 g/mol. The van der Waals surface area contributed by atoms with E-state index in [4.69, 9.17) is 5.73 Å². The van der Waals surface area contributed by atoms with Gasteiger partial charge < -0.3 is 11.1 Å². The Kier molecular flexibility index (Phi) is 4.57. The molecule has 15 heavy (non-hydrogen) atoms. The maximum atomic E-state index is 11.3. The van der Waals surface area contributed by atoms with Gasteiger partial charge in [-0.05, 0) is 12.5 Å². The molecule has 0 saturated heterocycles. The van der Waals surface area contributed by atoms with Gasteiger partial charge in [-0.15, -0.1) is 0 Å². The molecule has 1 atom stereocenters. The summed E-state index contributed by atoms with van der Waals surface area (Å²) in [5.74, 6) is -0.115. The van der Waals surface area contributed by atoms with Gasteiger partial charge in [-0.25, -0.2) is 0 Å². The van der Waals surface area contributed by atoms with Crippen molar-refractivity contribution in [3.05, 3.63) is 48.0 Å². The molecule has 0 aromatic heterocycles. The molecule has 0 aliphatic rings. The Morgan fingerprint density at radius 2 is 2.13 bits per heavy atom. The van der Waals surface area contributed by atoms with E-state index < -0.39 is 0 Å². The van der Waals surface area contributed by atoms with E-state index in [2.05, 4.69) is 5.32 Å². The Bertz CT molecular complexity index is 331. The van der Waals surface area contributed by atoms with Crippen LogP contribution in [0, 0.1) is 0 Å². The number of nitrogens with two attached hydrogens (primary N) is 1. The van der Waals surface area contributed by atoms with Crippen molar-refractivity contribution in [2.45, 2.75) is 19.5 Å². The third-order valence-corrected chi connectivity index (χ3v) is 1.86. The molecule has 3 nitrogen and oxygen atoms in total. The molecule has 1 aromatic carbocycles. The third-order valence-electron chi connectivity index (χ3n) is 1.86. The van der Waals surface area contributed by atoms with Crippen molar-refractivity contribution in [2.24, 2.45) is 5.73 Å². The van der Waals surface area contributed by atoms with E-state index in [0.29, 0.717) is 6.54 Å². The summed E-state index contributed by atoms with van der Waals surface area (Å²) in [5, 5.41) is 2.77. The third kappa shape index (κ3) is 4.98. The van der Waals surface area contributed by atoms with E-state index in [1.807, 2.05) is 37.3 Å². The van der Waals surface area contributed by atoms with E-state index in [0.717, 1.165) is 5.56 Å². The van der Waals surface area contributed by atoms with Gasteiger partial charge in [0.15, 0.2) is 0 Å². The highest BCUT2D eigenvalue weighted by Crippen LogP contribution is 1.96. The van der Waals surface area contributed by atoms with Crippen LogP contribution in [0.1, 0.15) is 12.5 Å². The average molecular weight is 204 g/mol. The van der Waals surface area contributed by atoms with Crippen molar-refractivity contribution in [3.63, 3.8) is 0 Å². The van der Waals surface area contributed by atoms with Gasteiger partial charge in [-0.3, -0.25) is 4.79 Å². The van der Waals surface area contributed by atoms with Crippen LogP contribution in [-0.2, 0) is 11.3 Å². The van der Waals surface area contributed by atoms with Crippen LogP contribution in [0.25, 0.3) is 0 Å². The molecule has 1 amide bonds. The van der Waals surface area contributed by atoms with Crippen molar-refractivity contribution in [1.82, 2.24) is 5.32 Å². The zero-order valence-corrected chi connectivity index (χ0v) is 8.81. The van der Waals surface area contributed by atoms with Crippen LogP contribution >= 0.6 is 0 Å². The van der Waals surface area contributed by atoms with Crippen LogP contribution < -0.4 is 11.1 Å². The fourth-order valence-corrected chi connectivity index (χ4v) is 1.08. The predicted molar refractivity (Wildman–Crippen MR) is 61.1 cm³/mol. The second kappa shape index (κ2) is 5.98. The van der Waals surface area contributed by atoms with Crippen molar-refractivity contribution in [2.75, 3.05) is 0 Å². The van der Waals surface area contributed by atoms with Crippen molar-refractivity contribution in [3.8, 4) is 0 Å². The second-order valence-corrected chi connectivity index (χ2v) is 3.42. The summed E-state index contributed by atoms with van der Waals surface area (Å²) in [5.41, 5.74) is 6.56. The Balaban J connectivity index is 2.35. The van der Waals surface area contributed by atoms with Crippen molar-refractivity contribution in [1.29, 1.82) is 0 Å². The van der Waals surface area contributed by atoms with Crippen LogP contribution in [0.5, 0.6) is 0 Å². The summed E-state index contributed by atoms with van der Waals surface area (Å²) in [6.45, 7) is 2.37. The molecule has 80 valence electrons. The van der Waals surface area contributed by atoms with E-state index in [1.165, 1.54) is 6.08 Å². The van der Waals surface area contributed by atoms with Gasteiger partial charge in [0.2, 0.25) is 5.91 Å². The average Bonchev–Trinajstić information content (AvgIpc) is 2.25. The summed E-state index contributed by atoms with van der Waals surface area (Å²) in [6.07, 6.45) is 3.13. The van der Waals surface area contributed by atoms with E-state index in [1.54, 1.807) is 6.08 Å². The first-order valence-electron chi connectivity index (χ1n) is 4.94. The maximum Gasteiger partial charge on any atom is 0.243 e. The Morgan fingerprint density at radius 1 is 1.47 bits per heavy atom. The minimum absolute atomic E-state index is 0.0903. The highest BCUT2D eigenvalue weighted by Gasteiger charge is 1.95. The summed E-state index contributed by atoms with van der Waals surface area (Å²) < 4.78 is 0. The Labute approximate surface area is 90.0 Å². The molecule has 0 spiro atoms. The zero-order chi connectivity index (χ0) is 11.1. The Morgan fingerprint density at radius 3 is 2.73 bits per heavy atom. The number of carbonyl (C=O) groups excluding carboxylic acids is 1. The number of rotatable bonds is 4. The molecule has 1 aromatic rings. The largest absolute Gasteiger partial charge is 0.348 e. The van der Waals surface area contributed by atoms with Crippen LogP contribution in [0.3, 0.4) is 0 Å². The van der Waals surface area contributed by atoms with Crippen LogP contribution in [-0.4, -0.2) is 11.9 Å². The number of nitrogens with one attached hydrogen (secondary N) is 1. The number of hydrogen-bond acceptors (Lipinski definition) is 2. The molecule has 0 fully saturated rings. The molecule has 0 aliphatic carbocycles. The molecule has 3 heteroatoms. The van der Waals surface area contributed by atoms with E-state index >= 15 is 0 Å². The van der Waals surface area contributed by atoms with Gasteiger partial charge in [0.25, 0.3) is 0 Å².